The highest BCUT2D eigenvalue weighted by atomic mass is 32.2. The summed E-state index contributed by atoms with van der Waals surface area (Å²) >= 11 is 1.42. The average Bonchev–Trinajstić information content (AvgIpc) is 2.59. The molecule has 2 aromatic rings. The van der Waals surface area contributed by atoms with Gasteiger partial charge in [0, 0.05) is 22.2 Å². The van der Waals surface area contributed by atoms with Crippen molar-refractivity contribution in [3.63, 3.8) is 0 Å². The van der Waals surface area contributed by atoms with E-state index in [4.69, 9.17) is 4.74 Å². The minimum absolute atomic E-state index is 0.276. The van der Waals surface area contributed by atoms with Crippen LogP contribution in [-0.2, 0) is 9.53 Å². The first-order chi connectivity index (χ1) is 12.1. The molecule has 2 amide bonds. The number of rotatable bonds is 5. The number of hydrogen-bond donors (Lipinski definition) is 2. The number of nitrogens with one attached hydrogen (secondary N) is 2. The van der Waals surface area contributed by atoms with Crippen LogP contribution < -0.4 is 10.6 Å². The number of ether oxygens (including phenoxy) is 1. The van der Waals surface area contributed by atoms with Gasteiger partial charge in [-0.1, -0.05) is 36.0 Å². The summed E-state index contributed by atoms with van der Waals surface area (Å²) in [6.45, 7) is 3.78. The van der Waals surface area contributed by atoms with E-state index in [9.17, 15) is 9.59 Å². The van der Waals surface area contributed by atoms with Crippen LogP contribution in [0, 0.1) is 0 Å². The monoisotopic (exact) mass is 358 g/mol. The lowest BCUT2D eigenvalue weighted by atomic mass is 10.1. The van der Waals surface area contributed by atoms with Gasteiger partial charge in [0.25, 0.3) is 0 Å². The topological polar surface area (TPSA) is 93.2 Å². The van der Waals surface area contributed by atoms with E-state index in [0.717, 1.165) is 15.8 Å². The Morgan fingerprint density at radius 1 is 1.36 bits per heavy atom. The predicted octanol–water partition coefficient (Wildman–Crippen LogP) is 2.24. The standard InChI is InChI=1S/C17H18N4O3S/c1-3-24-16(22)14-10(2)19-17(23)20-13(14)9-25-15-12-7-5-4-6-11(12)8-18-21-15/h4-8,10H,3,9H2,1-2H3,(H2,19,20,23). The minimum atomic E-state index is -0.429. The second-order valence-corrected chi connectivity index (χ2v) is 6.42. The number of fused-ring (bicyclic) bond motifs is 1. The van der Waals surface area contributed by atoms with Crippen molar-refractivity contribution in [3.8, 4) is 0 Å². The predicted molar refractivity (Wildman–Crippen MR) is 95.1 cm³/mol. The summed E-state index contributed by atoms with van der Waals surface area (Å²) in [5, 5.41) is 16.3. The molecule has 7 nitrogen and oxygen atoms in total. The molecular formula is C17H18N4O3S. The number of esters is 1. The molecule has 2 heterocycles. The highest BCUT2D eigenvalue weighted by Crippen LogP contribution is 2.27. The van der Waals surface area contributed by atoms with Gasteiger partial charge in [0.15, 0.2) is 0 Å². The first kappa shape index (κ1) is 17.2. The van der Waals surface area contributed by atoms with Crippen molar-refractivity contribution in [1.29, 1.82) is 0 Å². The van der Waals surface area contributed by atoms with Crippen LogP contribution in [0.5, 0.6) is 0 Å². The van der Waals surface area contributed by atoms with E-state index in [1.165, 1.54) is 11.8 Å². The van der Waals surface area contributed by atoms with Crippen molar-refractivity contribution < 1.29 is 14.3 Å². The normalized spacial score (nSPS) is 17.2. The molecule has 1 aromatic heterocycles. The largest absolute Gasteiger partial charge is 0.463 e. The summed E-state index contributed by atoms with van der Waals surface area (Å²) in [6, 6.07) is 7.06. The smallest absolute Gasteiger partial charge is 0.337 e. The van der Waals surface area contributed by atoms with E-state index in [1.54, 1.807) is 20.0 Å². The zero-order valence-electron chi connectivity index (χ0n) is 13.9. The molecule has 0 bridgehead atoms. The number of hydrogen-bond acceptors (Lipinski definition) is 6. The highest BCUT2D eigenvalue weighted by Gasteiger charge is 2.29. The fourth-order valence-electron chi connectivity index (χ4n) is 2.64. The van der Waals surface area contributed by atoms with Gasteiger partial charge in [-0.2, -0.15) is 5.10 Å². The van der Waals surface area contributed by atoms with Gasteiger partial charge in [0.2, 0.25) is 0 Å². The van der Waals surface area contributed by atoms with Gasteiger partial charge in [-0.15, -0.1) is 5.10 Å². The van der Waals surface area contributed by atoms with Crippen LogP contribution in [0.25, 0.3) is 10.8 Å². The van der Waals surface area contributed by atoms with Crippen LogP contribution in [0.15, 0.2) is 46.8 Å². The molecule has 1 aliphatic heterocycles. The van der Waals surface area contributed by atoms with Gasteiger partial charge < -0.3 is 15.4 Å². The maximum atomic E-state index is 12.2. The molecular weight excluding hydrogens is 340 g/mol. The van der Waals surface area contributed by atoms with Gasteiger partial charge in [-0.3, -0.25) is 0 Å². The third-order valence-electron chi connectivity index (χ3n) is 3.76. The van der Waals surface area contributed by atoms with Crippen molar-refractivity contribution in [1.82, 2.24) is 20.8 Å². The average molecular weight is 358 g/mol. The van der Waals surface area contributed by atoms with E-state index in [-0.39, 0.29) is 12.6 Å². The Kier molecular flexibility index (Phi) is 5.18. The molecule has 0 saturated heterocycles. The molecule has 3 rings (SSSR count). The van der Waals surface area contributed by atoms with Crippen molar-refractivity contribution in [2.75, 3.05) is 12.4 Å². The van der Waals surface area contributed by atoms with Crippen LogP contribution in [0.1, 0.15) is 13.8 Å². The van der Waals surface area contributed by atoms with Crippen LogP contribution in [0.2, 0.25) is 0 Å². The van der Waals surface area contributed by atoms with E-state index < -0.39 is 12.0 Å². The van der Waals surface area contributed by atoms with E-state index in [0.29, 0.717) is 17.0 Å². The zero-order valence-corrected chi connectivity index (χ0v) is 14.7. The molecule has 0 radical (unpaired) electrons. The summed E-state index contributed by atoms with van der Waals surface area (Å²) in [5.41, 5.74) is 0.969. The van der Waals surface area contributed by atoms with Crippen LogP contribution in [0.3, 0.4) is 0 Å². The van der Waals surface area contributed by atoms with Crippen molar-refractivity contribution >= 4 is 34.5 Å². The van der Waals surface area contributed by atoms with Crippen LogP contribution >= 0.6 is 11.8 Å². The summed E-state index contributed by atoms with van der Waals surface area (Å²) < 4.78 is 5.11. The lowest BCUT2D eigenvalue weighted by Gasteiger charge is -2.26. The molecule has 0 fully saturated rings. The van der Waals surface area contributed by atoms with E-state index in [1.807, 2.05) is 24.3 Å². The van der Waals surface area contributed by atoms with Gasteiger partial charge >= 0.3 is 12.0 Å². The number of thioether (sulfide) groups is 1. The molecule has 0 spiro atoms. The highest BCUT2D eigenvalue weighted by molar-refractivity contribution is 7.99. The molecule has 2 N–H and O–H groups in total. The van der Waals surface area contributed by atoms with Gasteiger partial charge in [0.1, 0.15) is 5.03 Å². The second kappa shape index (κ2) is 7.52. The summed E-state index contributed by atoms with van der Waals surface area (Å²) in [5.74, 6) is -0.0451. The van der Waals surface area contributed by atoms with E-state index >= 15 is 0 Å². The number of amides is 2. The van der Waals surface area contributed by atoms with Gasteiger partial charge in [-0.05, 0) is 13.8 Å². The summed E-state index contributed by atoms with van der Waals surface area (Å²) in [4.78, 5) is 24.0. The Bertz CT molecular complexity index is 847. The fourth-order valence-corrected chi connectivity index (χ4v) is 3.60. The summed E-state index contributed by atoms with van der Waals surface area (Å²) in [6.07, 6.45) is 1.71. The Hall–Kier alpha value is -2.61. The molecule has 130 valence electrons. The van der Waals surface area contributed by atoms with Crippen LogP contribution in [-0.4, -0.2) is 40.6 Å². The maximum Gasteiger partial charge on any atom is 0.337 e. The van der Waals surface area contributed by atoms with Gasteiger partial charge in [-0.25, -0.2) is 9.59 Å². The van der Waals surface area contributed by atoms with Crippen molar-refractivity contribution in [3.05, 3.63) is 41.7 Å². The molecule has 0 aliphatic carbocycles. The number of benzene rings is 1. The Morgan fingerprint density at radius 2 is 2.16 bits per heavy atom. The number of carbonyl (C=O) groups excluding carboxylic acids is 2. The summed E-state index contributed by atoms with van der Waals surface area (Å²) in [7, 11) is 0. The fraction of sp³-hybridized carbons (Fsp3) is 0.294. The Morgan fingerprint density at radius 3 is 2.96 bits per heavy atom. The maximum absolute atomic E-state index is 12.2. The quantitative estimate of drug-likeness (QED) is 0.629. The number of carbonyl (C=O) groups is 2. The minimum Gasteiger partial charge on any atom is -0.463 e. The SMILES string of the molecule is CCOC(=O)C1=C(CSc2nncc3ccccc23)NC(=O)NC1C. The molecule has 0 saturated carbocycles. The number of nitrogens with zero attached hydrogens (tertiary/aromatic N) is 2. The molecule has 1 aliphatic rings. The molecule has 1 aromatic carbocycles. The van der Waals surface area contributed by atoms with Gasteiger partial charge in [0.05, 0.1) is 24.4 Å². The first-order valence-corrected chi connectivity index (χ1v) is 8.89. The van der Waals surface area contributed by atoms with E-state index in [2.05, 4.69) is 20.8 Å². The lowest BCUT2D eigenvalue weighted by molar-refractivity contribution is -0.138. The molecule has 1 unspecified atom stereocenters. The van der Waals surface area contributed by atoms with Crippen LogP contribution in [0.4, 0.5) is 4.79 Å². The molecule has 1 atom stereocenters. The number of urea groups is 1. The van der Waals surface area contributed by atoms with Crippen molar-refractivity contribution in [2.24, 2.45) is 0 Å². The zero-order chi connectivity index (χ0) is 17.8. The second-order valence-electron chi connectivity index (χ2n) is 5.46. The lowest BCUT2D eigenvalue weighted by Crippen LogP contribution is -2.49. The first-order valence-electron chi connectivity index (χ1n) is 7.91. The Balaban J connectivity index is 1.89. The molecule has 8 heteroatoms. The number of aromatic nitrogens is 2. The third kappa shape index (κ3) is 3.74. The molecule has 25 heavy (non-hydrogen) atoms. The third-order valence-corrected chi connectivity index (χ3v) is 4.76. The van der Waals surface area contributed by atoms with Crippen molar-refractivity contribution in [2.45, 2.75) is 24.9 Å². The Labute approximate surface area is 149 Å².